The van der Waals surface area contributed by atoms with Gasteiger partial charge in [0.25, 0.3) is 0 Å². The van der Waals surface area contributed by atoms with Crippen LogP contribution in [0.5, 0.6) is 0 Å². The van der Waals surface area contributed by atoms with Crippen molar-refractivity contribution < 1.29 is 4.79 Å². The molecule has 2 aliphatic rings. The van der Waals surface area contributed by atoms with Crippen molar-refractivity contribution >= 4 is 18.3 Å². The summed E-state index contributed by atoms with van der Waals surface area (Å²) in [4.78, 5) is 15.1. The number of carbonyl (C=O) groups excluding carboxylic acids is 1. The Morgan fingerprint density at radius 3 is 2.44 bits per heavy atom. The number of amides is 1. The van der Waals surface area contributed by atoms with Crippen LogP contribution < -0.4 is 5.32 Å². The van der Waals surface area contributed by atoms with Crippen LogP contribution in [0.1, 0.15) is 57.1 Å². The Bertz CT molecular complexity index is 535. The predicted molar refractivity (Wildman–Crippen MR) is 106 cm³/mol. The van der Waals surface area contributed by atoms with Crippen LogP contribution in [0, 0.1) is 11.8 Å². The second-order valence-corrected chi connectivity index (χ2v) is 7.71. The van der Waals surface area contributed by atoms with Crippen LogP contribution in [-0.4, -0.2) is 29.9 Å². The second kappa shape index (κ2) is 9.59. The molecule has 3 rings (SSSR count). The van der Waals surface area contributed by atoms with Crippen LogP contribution in [0.25, 0.3) is 0 Å². The lowest BCUT2D eigenvalue weighted by Gasteiger charge is -2.30. The number of carbonyl (C=O) groups is 1. The third-order valence-electron chi connectivity index (χ3n) is 5.73. The second-order valence-electron chi connectivity index (χ2n) is 7.71. The van der Waals surface area contributed by atoms with Gasteiger partial charge in [-0.2, -0.15) is 0 Å². The summed E-state index contributed by atoms with van der Waals surface area (Å²) in [6.07, 6.45) is 6.65. The average Bonchev–Trinajstić information content (AvgIpc) is 3.45. The molecule has 1 saturated carbocycles. The summed E-state index contributed by atoms with van der Waals surface area (Å²) in [5, 5.41) is 3.48. The van der Waals surface area contributed by atoms with Crippen LogP contribution in [0.15, 0.2) is 24.3 Å². The molecule has 0 spiro atoms. The van der Waals surface area contributed by atoms with Crippen molar-refractivity contribution in [2.24, 2.45) is 11.8 Å². The first-order valence-electron chi connectivity index (χ1n) is 9.75. The summed E-state index contributed by atoms with van der Waals surface area (Å²) in [6, 6.07) is 9.26. The third kappa shape index (κ3) is 5.72. The molecule has 2 atom stereocenters. The van der Waals surface area contributed by atoms with Crippen LogP contribution in [0.4, 0.5) is 0 Å². The Labute approximate surface area is 159 Å². The molecule has 1 amide bonds. The van der Waals surface area contributed by atoms with Gasteiger partial charge in [-0.05, 0) is 68.2 Å². The highest BCUT2D eigenvalue weighted by atomic mass is 35.5. The van der Waals surface area contributed by atoms with Crippen molar-refractivity contribution in [2.75, 3.05) is 13.1 Å². The Morgan fingerprint density at radius 2 is 1.88 bits per heavy atom. The fraction of sp³-hybridized carbons (Fsp3) is 0.667. The van der Waals surface area contributed by atoms with Crippen molar-refractivity contribution in [1.29, 1.82) is 0 Å². The Kier molecular flexibility index (Phi) is 7.77. The van der Waals surface area contributed by atoms with Gasteiger partial charge in [0.1, 0.15) is 0 Å². The van der Waals surface area contributed by atoms with Crippen molar-refractivity contribution in [3.05, 3.63) is 35.4 Å². The van der Waals surface area contributed by atoms with Gasteiger partial charge in [-0.25, -0.2) is 0 Å². The molecule has 1 aliphatic carbocycles. The molecule has 4 heteroatoms. The minimum absolute atomic E-state index is 0. The van der Waals surface area contributed by atoms with Gasteiger partial charge in [-0.3, -0.25) is 4.79 Å². The first-order chi connectivity index (χ1) is 11.7. The molecule has 0 aromatic heterocycles. The third-order valence-corrected chi connectivity index (χ3v) is 5.73. The minimum Gasteiger partial charge on any atom is -0.335 e. The highest BCUT2D eigenvalue weighted by Gasteiger charge is 2.34. The topological polar surface area (TPSA) is 32.3 Å². The minimum atomic E-state index is 0. The van der Waals surface area contributed by atoms with Crippen LogP contribution in [0.2, 0.25) is 0 Å². The summed E-state index contributed by atoms with van der Waals surface area (Å²) in [5.74, 6) is 1.50. The number of hydrogen-bond acceptors (Lipinski definition) is 2. The van der Waals surface area contributed by atoms with Crippen molar-refractivity contribution in [3.63, 3.8) is 0 Å². The molecule has 1 aromatic rings. The van der Waals surface area contributed by atoms with Gasteiger partial charge in [0.2, 0.25) is 5.91 Å². The van der Waals surface area contributed by atoms with Gasteiger partial charge in [0.05, 0.1) is 0 Å². The maximum absolute atomic E-state index is 12.9. The summed E-state index contributed by atoms with van der Waals surface area (Å²) < 4.78 is 0. The molecule has 2 fully saturated rings. The zero-order chi connectivity index (χ0) is 16.9. The summed E-state index contributed by atoms with van der Waals surface area (Å²) in [5.41, 5.74) is 2.63. The molecular weight excluding hydrogens is 332 g/mol. The number of halogens is 1. The van der Waals surface area contributed by atoms with Gasteiger partial charge < -0.3 is 10.2 Å². The fourth-order valence-electron chi connectivity index (χ4n) is 3.81. The van der Waals surface area contributed by atoms with E-state index in [1.54, 1.807) is 0 Å². The van der Waals surface area contributed by atoms with Crippen molar-refractivity contribution in [2.45, 2.75) is 65.0 Å². The molecule has 3 nitrogen and oxygen atoms in total. The standard InChI is InChI=1S/C21H32N2O.ClH/c1-3-17-6-8-18(9-7-17)15-23(20-10-11-20)21(24)13-16(2)19-5-4-12-22-14-19;/h6-9,16,19-20,22H,3-5,10-15H2,1-2H3;1H. The van der Waals surface area contributed by atoms with Gasteiger partial charge in [-0.15, -0.1) is 12.4 Å². The van der Waals surface area contributed by atoms with Crippen LogP contribution in [-0.2, 0) is 17.8 Å². The number of nitrogens with one attached hydrogen (secondary N) is 1. The van der Waals surface area contributed by atoms with E-state index in [1.165, 1.54) is 36.8 Å². The van der Waals surface area contributed by atoms with Gasteiger partial charge in [0.15, 0.2) is 0 Å². The van der Waals surface area contributed by atoms with E-state index in [4.69, 9.17) is 0 Å². The lowest BCUT2D eigenvalue weighted by Crippen LogP contribution is -2.37. The highest BCUT2D eigenvalue weighted by Crippen LogP contribution is 2.31. The Hall–Kier alpha value is -1.06. The number of aryl methyl sites for hydroxylation is 1. The molecule has 0 bridgehead atoms. The summed E-state index contributed by atoms with van der Waals surface area (Å²) in [6.45, 7) is 7.44. The number of nitrogens with zero attached hydrogens (tertiary/aromatic N) is 1. The monoisotopic (exact) mass is 364 g/mol. The Balaban J connectivity index is 0.00000225. The van der Waals surface area contributed by atoms with E-state index in [2.05, 4.69) is 48.3 Å². The molecule has 140 valence electrons. The maximum Gasteiger partial charge on any atom is 0.223 e. The smallest absolute Gasteiger partial charge is 0.223 e. The molecule has 1 saturated heterocycles. The van der Waals surface area contributed by atoms with E-state index in [9.17, 15) is 4.79 Å². The highest BCUT2D eigenvalue weighted by molar-refractivity contribution is 5.85. The predicted octanol–water partition coefficient (Wildman–Crippen LogP) is 4.19. The molecule has 25 heavy (non-hydrogen) atoms. The zero-order valence-electron chi connectivity index (χ0n) is 15.7. The number of piperidine rings is 1. The van der Waals surface area contributed by atoms with E-state index in [-0.39, 0.29) is 12.4 Å². The van der Waals surface area contributed by atoms with Crippen molar-refractivity contribution in [3.8, 4) is 0 Å². The number of benzene rings is 1. The normalized spacial score (nSPS) is 21.3. The maximum atomic E-state index is 12.9. The molecular formula is C21H33ClN2O. The fourth-order valence-corrected chi connectivity index (χ4v) is 3.81. The quantitative estimate of drug-likeness (QED) is 0.786. The molecule has 0 radical (unpaired) electrons. The molecule has 2 unspecified atom stereocenters. The van der Waals surface area contributed by atoms with E-state index in [1.807, 2.05) is 0 Å². The van der Waals surface area contributed by atoms with Gasteiger partial charge in [-0.1, -0.05) is 38.1 Å². The van der Waals surface area contributed by atoms with E-state index in [0.717, 1.165) is 26.1 Å². The Morgan fingerprint density at radius 1 is 1.20 bits per heavy atom. The molecule has 1 aromatic carbocycles. The first kappa shape index (κ1) is 20.3. The van der Waals surface area contributed by atoms with Gasteiger partial charge >= 0.3 is 0 Å². The average molecular weight is 365 g/mol. The molecule has 1 N–H and O–H groups in total. The van der Waals surface area contributed by atoms with E-state index < -0.39 is 0 Å². The van der Waals surface area contributed by atoms with Gasteiger partial charge in [0, 0.05) is 19.0 Å². The van der Waals surface area contributed by atoms with Crippen LogP contribution >= 0.6 is 12.4 Å². The number of hydrogen-bond donors (Lipinski definition) is 1. The summed E-state index contributed by atoms with van der Waals surface area (Å²) >= 11 is 0. The lowest BCUT2D eigenvalue weighted by molar-refractivity contribution is -0.133. The molecule has 1 aliphatic heterocycles. The van der Waals surface area contributed by atoms with E-state index >= 15 is 0 Å². The zero-order valence-corrected chi connectivity index (χ0v) is 16.5. The molecule has 1 heterocycles. The SMILES string of the molecule is CCc1ccc(CN(C(=O)CC(C)C2CCCNC2)C2CC2)cc1.Cl. The number of rotatable bonds is 7. The van der Waals surface area contributed by atoms with E-state index in [0.29, 0.717) is 30.2 Å². The lowest BCUT2D eigenvalue weighted by atomic mass is 9.85. The summed E-state index contributed by atoms with van der Waals surface area (Å²) in [7, 11) is 0. The van der Waals surface area contributed by atoms with Crippen LogP contribution in [0.3, 0.4) is 0 Å². The first-order valence-corrected chi connectivity index (χ1v) is 9.75. The van der Waals surface area contributed by atoms with Crippen molar-refractivity contribution in [1.82, 2.24) is 10.2 Å². The largest absolute Gasteiger partial charge is 0.335 e.